The number of hydrogen-bond acceptors (Lipinski definition) is 14. The van der Waals surface area contributed by atoms with E-state index in [1.54, 1.807) is 13.8 Å². The van der Waals surface area contributed by atoms with E-state index in [9.17, 15) is 39.0 Å². The molecule has 12 bridgehead atoms. The number of carbonyl (C=O) groups is 6. The fourth-order valence-corrected chi connectivity index (χ4v) is 24.0. The lowest BCUT2D eigenvalue weighted by molar-refractivity contribution is -0.238. The van der Waals surface area contributed by atoms with Gasteiger partial charge in [-0.05, 0) is 241 Å². The van der Waals surface area contributed by atoms with E-state index in [0.29, 0.717) is 126 Å². The van der Waals surface area contributed by atoms with Gasteiger partial charge in [0.25, 0.3) is 0 Å². The molecule has 1 amide bonds. The predicted octanol–water partition coefficient (Wildman–Crippen LogP) is 12.0. The second kappa shape index (κ2) is 24.7. The molecule has 85 heavy (non-hydrogen) atoms. The minimum Gasteiger partial charge on any atom is -0.481 e. The topological polar surface area (TPSA) is 220 Å². The van der Waals surface area contributed by atoms with Crippen LogP contribution in [0.2, 0.25) is 0 Å². The van der Waals surface area contributed by atoms with Crippen LogP contribution in [0.15, 0.2) is 0 Å². The molecule has 3 N–H and O–H groups in total. The third-order valence-electron chi connectivity index (χ3n) is 26.6. The molecule has 0 saturated heterocycles. The molecule has 0 aromatic heterocycles. The lowest BCUT2D eigenvalue weighted by Crippen LogP contribution is -2.49. The van der Waals surface area contributed by atoms with Crippen molar-refractivity contribution in [2.75, 3.05) is 13.2 Å². The maximum Gasteiger partial charge on any atom is 0.312 e. The van der Waals surface area contributed by atoms with Crippen LogP contribution < -0.4 is 4.72 Å². The van der Waals surface area contributed by atoms with Gasteiger partial charge in [-0.3, -0.25) is 33.5 Å². The van der Waals surface area contributed by atoms with Gasteiger partial charge < -0.3 is 33.9 Å². The number of hydrogen-bond donors (Lipinski definition) is 3. The summed E-state index contributed by atoms with van der Waals surface area (Å²) in [6.07, 6.45) is 10.9. The van der Waals surface area contributed by atoms with Crippen LogP contribution in [0.5, 0.6) is 0 Å². The molecule has 32 unspecified atom stereocenters. The SMILES string of the molecule is CC(C)COC(C)OC(=O)C1C2CC(C1C(=O)O)C1C3CC(C(C)C3C)C21.CC1C(C)C2CC1C1C3CC(C(C(=O)OC(C)(C)C)C3C(=O)NSOOC3CCCCC3)C21.CCOC(C)OC(=O)C1C2CC(C1C(=O)O)C1C3CC(C(C)C3C)C21. The number of amides is 1. The van der Waals surface area contributed by atoms with E-state index in [1.165, 1.54) is 25.7 Å². The number of carboxylic acids is 2. The number of fused-ring (bicyclic) bond motifs is 27. The lowest BCUT2D eigenvalue weighted by Gasteiger charge is -2.45. The quantitative estimate of drug-likeness (QED) is 0.0142. The molecule has 478 valence electrons. The van der Waals surface area contributed by atoms with Gasteiger partial charge in [-0.2, -0.15) is 0 Å². The average Bonchev–Trinajstić information content (AvgIpc) is 1.57. The largest absolute Gasteiger partial charge is 0.481 e. The van der Waals surface area contributed by atoms with Crippen LogP contribution in [-0.4, -0.2) is 83.5 Å². The lowest BCUT2D eigenvalue weighted by atomic mass is 9.59. The van der Waals surface area contributed by atoms with Crippen molar-refractivity contribution in [1.29, 1.82) is 0 Å². The van der Waals surface area contributed by atoms with Gasteiger partial charge in [0.05, 0.1) is 48.2 Å². The molecular weight excluding hydrogens is 1100 g/mol. The Bertz CT molecular complexity index is 2480. The number of ether oxygens (including phenoxy) is 5. The molecule has 0 heterocycles. The molecule has 0 spiro atoms. The zero-order valence-electron chi connectivity index (χ0n) is 53.4. The highest BCUT2D eigenvalue weighted by Gasteiger charge is 2.74. The standard InChI is InChI=1S/C26H41NO5S.C22H34O5.C20H30O5/c1-13-14(2)17-11-16(13)20-18-12-19(21(17)20)23(25(29)30-26(3,4)5)22(18)24(28)27-33-32-31-15-9-7-6-8-10-15;1-9(2)8-26-12(5)27-22(25)20-16-7-15(19(20)21(23)24)17-13-6-14(18(16)17)11(4)10(13)3;1-5-24-10(4)25-20(23)18-14-7-13(17(18)19(21)22)15-11-6-12(16(14)15)9(3)8(11)2/h13-23H,6-12H2,1-5H3,(H,27,28);9-20H,6-8H2,1-5H3,(H,23,24);8-18H,5-7H2,1-4H3,(H,21,22). The predicted molar refractivity (Wildman–Crippen MR) is 316 cm³/mol. The van der Waals surface area contributed by atoms with Gasteiger partial charge in [-0.25, -0.2) is 4.89 Å². The molecule has 13 aliphatic carbocycles. The Morgan fingerprint density at radius 1 is 0.482 bits per heavy atom. The minimum atomic E-state index is -0.819. The second-order valence-electron chi connectivity index (χ2n) is 31.5. The number of nitrogens with one attached hydrogen (secondary N) is 1. The van der Waals surface area contributed by atoms with Crippen LogP contribution in [0.1, 0.15) is 168 Å². The molecule has 32 atom stereocenters. The Balaban J connectivity index is 0.000000134. The third-order valence-corrected chi connectivity index (χ3v) is 27.1. The first-order valence-corrected chi connectivity index (χ1v) is 34.6. The molecule has 0 aromatic carbocycles. The van der Waals surface area contributed by atoms with Crippen LogP contribution in [0.25, 0.3) is 0 Å². The van der Waals surface area contributed by atoms with Gasteiger partial charge in [0, 0.05) is 6.61 Å². The van der Waals surface area contributed by atoms with Crippen LogP contribution in [0.3, 0.4) is 0 Å². The van der Waals surface area contributed by atoms with Crippen LogP contribution in [-0.2, 0) is 61.7 Å². The van der Waals surface area contributed by atoms with Crippen molar-refractivity contribution < 1.29 is 71.9 Å². The van der Waals surface area contributed by atoms with Gasteiger partial charge in [0.1, 0.15) is 5.60 Å². The molecule has 16 nitrogen and oxygen atoms in total. The van der Waals surface area contributed by atoms with Crippen molar-refractivity contribution >= 4 is 48.0 Å². The zero-order chi connectivity index (χ0) is 61.2. The Hall–Kier alpha value is -2.99. The monoisotopic (exact) mass is 1210 g/mol. The van der Waals surface area contributed by atoms with E-state index in [2.05, 4.69) is 46.3 Å². The minimum absolute atomic E-state index is 0.0995. The first-order chi connectivity index (χ1) is 40.3. The number of rotatable bonds is 17. The average molecular weight is 1210 g/mol. The van der Waals surface area contributed by atoms with E-state index in [1.807, 2.05) is 41.5 Å². The molecule has 13 fully saturated rings. The fraction of sp³-hybridized carbons (Fsp3) is 0.912. The van der Waals surface area contributed by atoms with Gasteiger partial charge >= 0.3 is 29.8 Å². The molecule has 13 aliphatic rings. The number of aliphatic carboxylic acids is 2. The van der Waals surface area contributed by atoms with Gasteiger partial charge in [-0.15, -0.1) is 4.33 Å². The fourth-order valence-electron chi connectivity index (χ4n) is 23.6. The molecule has 13 saturated carbocycles. The highest BCUT2D eigenvalue weighted by Crippen LogP contribution is 2.76. The smallest absolute Gasteiger partial charge is 0.312 e. The number of carboxylic acid groups (broad SMARTS) is 2. The summed E-state index contributed by atoms with van der Waals surface area (Å²) < 4.78 is 36.0. The Kier molecular flexibility index (Phi) is 18.4. The highest BCUT2D eigenvalue weighted by molar-refractivity contribution is 7.93. The summed E-state index contributed by atoms with van der Waals surface area (Å²) in [6.45, 7) is 30.2. The van der Waals surface area contributed by atoms with E-state index in [-0.39, 0.29) is 77.3 Å². The van der Waals surface area contributed by atoms with Crippen LogP contribution in [0.4, 0.5) is 0 Å². The van der Waals surface area contributed by atoms with Crippen molar-refractivity contribution in [3.8, 4) is 0 Å². The first-order valence-electron chi connectivity index (χ1n) is 33.9. The molecule has 0 aliphatic heterocycles. The number of carbonyl (C=O) groups excluding carboxylic acids is 4. The molecular formula is C68H105NO15S. The van der Waals surface area contributed by atoms with E-state index >= 15 is 0 Å². The highest BCUT2D eigenvalue weighted by atomic mass is 32.2. The van der Waals surface area contributed by atoms with Crippen molar-refractivity contribution in [3.05, 3.63) is 0 Å². The second-order valence-corrected chi connectivity index (χ2v) is 32.0. The normalized spacial score (nSPS) is 47.3. The zero-order valence-corrected chi connectivity index (χ0v) is 54.2. The van der Waals surface area contributed by atoms with Gasteiger partial charge in [0.2, 0.25) is 5.91 Å². The third kappa shape index (κ3) is 11.1. The van der Waals surface area contributed by atoms with Gasteiger partial charge in [0.15, 0.2) is 24.8 Å². The van der Waals surface area contributed by atoms with Crippen LogP contribution in [0, 0.1) is 183 Å². The van der Waals surface area contributed by atoms with E-state index in [0.717, 1.165) is 57.2 Å². The summed E-state index contributed by atoms with van der Waals surface area (Å²) in [5.41, 5.74) is -0.554. The van der Waals surface area contributed by atoms with Crippen molar-refractivity contribution in [1.82, 2.24) is 4.72 Å². The summed E-state index contributed by atoms with van der Waals surface area (Å²) in [4.78, 5) is 82.2. The first kappa shape index (κ1) is 63.6. The van der Waals surface area contributed by atoms with E-state index < -0.39 is 53.8 Å². The van der Waals surface area contributed by atoms with E-state index in [4.69, 9.17) is 32.9 Å². The maximum atomic E-state index is 13.4. The molecule has 0 aromatic rings. The number of esters is 3. The Morgan fingerprint density at radius 2 is 0.824 bits per heavy atom. The van der Waals surface area contributed by atoms with Crippen molar-refractivity contribution in [2.45, 2.75) is 192 Å². The summed E-state index contributed by atoms with van der Waals surface area (Å²) in [7, 11) is 0. The maximum absolute atomic E-state index is 13.4. The van der Waals surface area contributed by atoms with Gasteiger partial charge in [-0.1, -0.05) is 74.7 Å². The summed E-state index contributed by atoms with van der Waals surface area (Å²) in [5, 5.41) is 19.8. The Morgan fingerprint density at radius 3 is 1.18 bits per heavy atom. The Labute approximate surface area is 510 Å². The summed E-state index contributed by atoms with van der Waals surface area (Å²) in [6, 6.07) is 0. The summed E-state index contributed by atoms with van der Waals surface area (Å²) >= 11 is 0.864. The van der Waals surface area contributed by atoms with Crippen molar-refractivity contribution in [2.24, 2.45) is 183 Å². The van der Waals surface area contributed by atoms with Crippen LogP contribution >= 0.6 is 12.2 Å². The molecule has 0 radical (unpaired) electrons. The molecule has 17 heteroatoms. The molecule has 13 rings (SSSR count). The van der Waals surface area contributed by atoms with Crippen molar-refractivity contribution in [3.63, 3.8) is 0 Å². The summed E-state index contributed by atoms with van der Waals surface area (Å²) in [5.74, 6) is 7.45.